The number of ether oxygens (including phenoxy) is 1. The van der Waals surface area contributed by atoms with Crippen LogP contribution in [0.1, 0.15) is 63.0 Å². The number of urea groups is 1. The summed E-state index contributed by atoms with van der Waals surface area (Å²) in [5.41, 5.74) is 1.07. The summed E-state index contributed by atoms with van der Waals surface area (Å²) in [6, 6.07) is 8.15. The molecule has 3 unspecified atom stereocenters. The molecular weight excluding hydrogens is 506 g/mol. The zero-order valence-corrected chi connectivity index (χ0v) is 23.5. The van der Waals surface area contributed by atoms with Crippen LogP contribution in [-0.4, -0.2) is 61.8 Å². The van der Waals surface area contributed by atoms with Crippen LogP contribution in [-0.2, 0) is 4.74 Å². The number of rotatable bonds is 12. The fourth-order valence-electron chi connectivity index (χ4n) is 5.82. The summed E-state index contributed by atoms with van der Waals surface area (Å²) in [6.45, 7) is 3.49. The Kier molecular flexibility index (Phi) is 11.3. The van der Waals surface area contributed by atoms with E-state index in [-0.39, 0.29) is 24.1 Å². The third-order valence-corrected chi connectivity index (χ3v) is 8.55. The maximum atomic E-state index is 13.4. The Labute approximate surface area is 230 Å². The molecule has 3 N–H and O–H groups in total. The minimum Gasteiger partial charge on any atom is -0.371 e. The van der Waals surface area contributed by atoms with Crippen molar-refractivity contribution in [1.82, 2.24) is 20.5 Å². The van der Waals surface area contributed by atoms with Gasteiger partial charge in [0.05, 0.1) is 12.7 Å². The van der Waals surface area contributed by atoms with Crippen LogP contribution in [0.25, 0.3) is 0 Å². The monoisotopic (exact) mass is 547 g/mol. The Bertz CT molecular complexity index is 940. The number of aromatic nitrogens is 1. The first-order chi connectivity index (χ1) is 18.1. The van der Waals surface area contributed by atoms with Gasteiger partial charge in [-0.3, -0.25) is 0 Å². The second-order valence-corrected chi connectivity index (χ2v) is 11.7. The summed E-state index contributed by atoms with van der Waals surface area (Å²) < 4.78 is 6.46. The van der Waals surface area contributed by atoms with Gasteiger partial charge in [0.1, 0.15) is 0 Å². The minimum absolute atomic E-state index is 0.0519. The summed E-state index contributed by atoms with van der Waals surface area (Å²) in [7, 11) is 1.97. The van der Waals surface area contributed by atoms with Gasteiger partial charge in [0.2, 0.25) is 0 Å². The lowest BCUT2D eigenvalue weighted by molar-refractivity contribution is -0.00556. The number of anilines is 1. The Morgan fingerprint density at radius 2 is 2.11 bits per heavy atom. The Morgan fingerprint density at radius 3 is 2.86 bits per heavy atom. The third kappa shape index (κ3) is 8.84. The van der Waals surface area contributed by atoms with E-state index in [1.807, 2.05) is 35.5 Å². The van der Waals surface area contributed by atoms with E-state index in [0.29, 0.717) is 24.7 Å². The number of nitrogens with zero attached hydrogens (tertiary/aromatic N) is 2. The van der Waals surface area contributed by atoms with E-state index in [1.165, 1.54) is 32.1 Å². The molecule has 1 aromatic carbocycles. The average Bonchev–Trinajstić information content (AvgIpc) is 3.43. The van der Waals surface area contributed by atoms with Crippen LogP contribution < -0.4 is 16.0 Å². The Hall–Kier alpha value is -1.87. The molecule has 1 aliphatic heterocycles. The predicted molar refractivity (Wildman–Crippen MR) is 152 cm³/mol. The van der Waals surface area contributed by atoms with Crippen LogP contribution in [0.4, 0.5) is 9.93 Å². The quantitative estimate of drug-likeness (QED) is 0.286. The van der Waals surface area contributed by atoms with Gasteiger partial charge in [-0.05, 0) is 49.9 Å². The number of carbonyl (C=O) groups excluding carboxylic acids is 1. The molecule has 0 bridgehead atoms. The maximum Gasteiger partial charge on any atom is 0.317 e. The van der Waals surface area contributed by atoms with Gasteiger partial charge in [-0.25, -0.2) is 9.78 Å². The lowest BCUT2D eigenvalue weighted by Gasteiger charge is -2.38. The highest BCUT2D eigenvalue weighted by molar-refractivity contribution is 7.13. The van der Waals surface area contributed by atoms with Gasteiger partial charge in [-0.2, -0.15) is 0 Å². The number of nitrogens with one attached hydrogen (secondary N) is 3. The number of piperidine rings is 1. The van der Waals surface area contributed by atoms with Gasteiger partial charge < -0.3 is 25.6 Å². The van der Waals surface area contributed by atoms with Crippen molar-refractivity contribution >= 4 is 34.1 Å². The standard InChI is InChI=1S/C28H42ClN5O2S/c1-30-19-25(17-21-7-3-2-4-8-21)33-28(35)34-14-6-10-23(20-34)26(22-9-5-11-24(29)18-22)36-15-12-31-27-32-13-16-37-27/h5,9,11,13,16,18,21,23,25-26,30H,2-4,6-8,10,12,14-15,17,19-20H2,1H3,(H,31,32)(H,33,35). The van der Waals surface area contributed by atoms with Crippen LogP contribution in [0.3, 0.4) is 0 Å². The highest BCUT2D eigenvalue weighted by Gasteiger charge is 2.32. The molecule has 2 fully saturated rings. The summed E-state index contributed by atoms with van der Waals surface area (Å²) in [4.78, 5) is 19.7. The molecule has 2 aromatic rings. The number of carbonyl (C=O) groups is 1. The number of hydrogen-bond acceptors (Lipinski definition) is 6. The van der Waals surface area contributed by atoms with Crippen molar-refractivity contribution in [2.45, 2.75) is 63.5 Å². The summed E-state index contributed by atoms with van der Waals surface area (Å²) in [6.07, 6.45) is 11.3. The first-order valence-corrected chi connectivity index (χ1v) is 15.1. The molecule has 2 amide bonds. The van der Waals surface area contributed by atoms with Crippen molar-refractivity contribution in [1.29, 1.82) is 0 Å². The molecular formula is C28H42ClN5O2S. The largest absolute Gasteiger partial charge is 0.371 e. The van der Waals surface area contributed by atoms with Crippen LogP contribution in [0, 0.1) is 11.8 Å². The van der Waals surface area contributed by atoms with Crippen molar-refractivity contribution in [2.75, 3.05) is 45.2 Å². The fraction of sp³-hybridized carbons (Fsp3) is 0.643. The van der Waals surface area contributed by atoms with E-state index in [0.717, 1.165) is 49.0 Å². The molecule has 3 atom stereocenters. The van der Waals surface area contributed by atoms with E-state index in [9.17, 15) is 4.79 Å². The van der Waals surface area contributed by atoms with Crippen LogP contribution in [0.15, 0.2) is 35.8 Å². The first kappa shape index (κ1) is 28.1. The summed E-state index contributed by atoms with van der Waals surface area (Å²) in [5, 5.41) is 13.5. The van der Waals surface area contributed by atoms with E-state index < -0.39 is 0 Å². The number of halogens is 1. The van der Waals surface area contributed by atoms with Gasteiger partial charge in [-0.15, -0.1) is 11.3 Å². The van der Waals surface area contributed by atoms with Crippen molar-refractivity contribution in [3.8, 4) is 0 Å². The smallest absolute Gasteiger partial charge is 0.317 e. The predicted octanol–water partition coefficient (Wildman–Crippen LogP) is 5.95. The number of thiazole rings is 1. The molecule has 0 radical (unpaired) electrons. The van der Waals surface area contributed by atoms with Crippen LogP contribution >= 0.6 is 22.9 Å². The highest BCUT2D eigenvalue weighted by Crippen LogP contribution is 2.34. The van der Waals surface area contributed by atoms with Gasteiger partial charge in [0.15, 0.2) is 5.13 Å². The topological polar surface area (TPSA) is 78.5 Å². The molecule has 4 rings (SSSR count). The summed E-state index contributed by atoms with van der Waals surface area (Å²) in [5.74, 6) is 0.930. The van der Waals surface area contributed by atoms with E-state index in [1.54, 1.807) is 17.5 Å². The number of amides is 2. The number of benzene rings is 1. The van der Waals surface area contributed by atoms with Gasteiger partial charge in [0, 0.05) is 54.7 Å². The molecule has 2 aliphatic rings. The van der Waals surface area contributed by atoms with Crippen molar-refractivity contribution < 1.29 is 9.53 Å². The Morgan fingerprint density at radius 1 is 1.24 bits per heavy atom. The SMILES string of the molecule is CNCC(CC1CCCCC1)NC(=O)N1CCCC(C(OCCNc2nccs2)c2cccc(Cl)c2)C1. The number of likely N-dealkylation sites (N-methyl/N-ethyl adjacent to an activating group) is 1. The molecule has 0 spiro atoms. The van der Waals surface area contributed by atoms with Gasteiger partial charge >= 0.3 is 6.03 Å². The molecule has 9 heteroatoms. The van der Waals surface area contributed by atoms with E-state index in [2.05, 4.69) is 27.0 Å². The normalized spacial score (nSPS) is 20.4. The molecule has 204 valence electrons. The second-order valence-electron chi connectivity index (χ2n) is 10.4. The molecule has 2 heterocycles. The lowest BCUT2D eigenvalue weighted by atomic mass is 9.85. The van der Waals surface area contributed by atoms with Crippen molar-refractivity contribution in [2.24, 2.45) is 11.8 Å². The maximum absolute atomic E-state index is 13.4. The second kappa shape index (κ2) is 14.9. The van der Waals surface area contributed by atoms with Gasteiger partial charge in [-0.1, -0.05) is 55.8 Å². The van der Waals surface area contributed by atoms with E-state index in [4.69, 9.17) is 16.3 Å². The third-order valence-electron chi connectivity index (χ3n) is 7.58. The minimum atomic E-state index is -0.122. The van der Waals surface area contributed by atoms with Crippen molar-refractivity contribution in [3.05, 3.63) is 46.4 Å². The highest BCUT2D eigenvalue weighted by atomic mass is 35.5. The van der Waals surface area contributed by atoms with E-state index >= 15 is 0 Å². The first-order valence-electron chi connectivity index (χ1n) is 13.8. The lowest BCUT2D eigenvalue weighted by Crippen LogP contribution is -2.52. The van der Waals surface area contributed by atoms with Crippen molar-refractivity contribution in [3.63, 3.8) is 0 Å². The molecule has 1 saturated heterocycles. The van der Waals surface area contributed by atoms with Crippen LogP contribution in [0.2, 0.25) is 5.02 Å². The van der Waals surface area contributed by atoms with Gasteiger partial charge in [0.25, 0.3) is 0 Å². The molecule has 37 heavy (non-hydrogen) atoms. The number of hydrogen-bond donors (Lipinski definition) is 3. The average molecular weight is 548 g/mol. The summed E-state index contributed by atoms with van der Waals surface area (Å²) >= 11 is 7.93. The number of likely N-dealkylation sites (tertiary alicyclic amines) is 1. The fourth-order valence-corrected chi connectivity index (χ4v) is 6.57. The zero-order chi connectivity index (χ0) is 25.9. The molecule has 1 saturated carbocycles. The molecule has 7 nitrogen and oxygen atoms in total. The molecule has 1 aromatic heterocycles. The zero-order valence-electron chi connectivity index (χ0n) is 22.0. The van der Waals surface area contributed by atoms with Crippen LogP contribution in [0.5, 0.6) is 0 Å². The molecule has 1 aliphatic carbocycles. The Balaban J connectivity index is 1.36.